The number of hydrogen-bond donors (Lipinski definition) is 1. The summed E-state index contributed by atoms with van der Waals surface area (Å²) in [7, 11) is 1.86. The molecule has 112 valence electrons. The van der Waals surface area contributed by atoms with Gasteiger partial charge < -0.3 is 5.32 Å². The quantitative estimate of drug-likeness (QED) is 0.678. The summed E-state index contributed by atoms with van der Waals surface area (Å²) >= 11 is 0. The minimum absolute atomic E-state index is 0.0801. The van der Waals surface area contributed by atoms with Gasteiger partial charge in [-0.25, -0.2) is 4.39 Å². The molecule has 0 spiro atoms. The lowest BCUT2D eigenvalue weighted by atomic mass is 10.1. The van der Waals surface area contributed by atoms with E-state index in [2.05, 4.69) is 10.4 Å². The monoisotopic (exact) mass is 292 g/mol. The van der Waals surface area contributed by atoms with E-state index in [0.29, 0.717) is 12.1 Å². The van der Waals surface area contributed by atoms with Crippen LogP contribution in [0.4, 0.5) is 10.1 Å². The molecule has 6 nitrogen and oxygen atoms in total. The van der Waals surface area contributed by atoms with Crippen molar-refractivity contribution in [1.29, 1.82) is 0 Å². The molecule has 0 aliphatic carbocycles. The zero-order valence-corrected chi connectivity index (χ0v) is 12.2. The Morgan fingerprint density at radius 2 is 2.10 bits per heavy atom. The Labute approximate surface area is 121 Å². The van der Waals surface area contributed by atoms with Crippen LogP contribution in [0.25, 0.3) is 0 Å². The van der Waals surface area contributed by atoms with Crippen molar-refractivity contribution in [2.75, 3.05) is 0 Å². The Bertz CT molecular complexity index is 682. The summed E-state index contributed by atoms with van der Waals surface area (Å²) in [6, 6.07) is 3.47. The first kappa shape index (κ1) is 15.1. The van der Waals surface area contributed by atoms with Crippen LogP contribution in [0.2, 0.25) is 0 Å². The molecular weight excluding hydrogens is 275 g/mol. The van der Waals surface area contributed by atoms with Crippen LogP contribution in [0.1, 0.15) is 22.5 Å². The van der Waals surface area contributed by atoms with Gasteiger partial charge in [-0.05, 0) is 26.0 Å². The molecule has 0 saturated carbocycles. The van der Waals surface area contributed by atoms with E-state index in [-0.39, 0.29) is 12.2 Å². The number of nitro benzene ring substituents is 1. The van der Waals surface area contributed by atoms with Crippen LogP contribution < -0.4 is 5.32 Å². The number of halogens is 1. The van der Waals surface area contributed by atoms with E-state index in [1.54, 1.807) is 4.68 Å². The van der Waals surface area contributed by atoms with E-state index in [9.17, 15) is 14.5 Å². The first-order chi connectivity index (χ1) is 9.90. The van der Waals surface area contributed by atoms with Gasteiger partial charge in [0.15, 0.2) is 0 Å². The lowest BCUT2D eigenvalue weighted by Crippen LogP contribution is -2.15. The van der Waals surface area contributed by atoms with Gasteiger partial charge in [0.05, 0.1) is 10.6 Å². The third kappa shape index (κ3) is 3.25. The summed E-state index contributed by atoms with van der Waals surface area (Å²) in [6.07, 6.45) is 0. The number of nitrogens with one attached hydrogen (secondary N) is 1. The molecule has 0 atom stereocenters. The maximum absolute atomic E-state index is 13.2. The molecule has 0 saturated heterocycles. The molecule has 7 heteroatoms. The molecule has 0 bridgehead atoms. The second-order valence-electron chi connectivity index (χ2n) is 4.91. The molecule has 21 heavy (non-hydrogen) atoms. The van der Waals surface area contributed by atoms with Crippen LogP contribution in [0, 0.1) is 29.8 Å². The Morgan fingerprint density at radius 1 is 1.38 bits per heavy atom. The minimum Gasteiger partial charge on any atom is -0.308 e. The van der Waals surface area contributed by atoms with Gasteiger partial charge in [-0.15, -0.1) is 0 Å². The highest BCUT2D eigenvalue weighted by molar-refractivity contribution is 5.40. The van der Waals surface area contributed by atoms with Gasteiger partial charge >= 0.3 is 0 Å². The summed E-state index contributed by atoms with van der Waals surface area (Å²) in [4.78, 5) is 10.4. The molecule has 1 aromatic carbocycles. The maximum Gasteiger partial charge on any atom is 0.274 e. The number of aromatic nitrogens is 2. The molecule has 0 radical (unpaired) electrons. The van der Waals surface area contributed by atoms with Gasteiger partial charge in [-0.3, -0.25) is 14.8 Å². The Kier molecular flexibility index (Phi) is 4.32. The first-order valence-corrected chi connectivity index (χ1v) is 6.52. The van der Waals surface area contributed by atoms with E-state index in [0.717, 1.165) is 23.0 Å². The molecule has 0 unspecified atom stereocenters. The number of nitrogens with zero attached hydrogens (tertiary/aromatic N) is 3. The summed E-state index contributed by atoms with van der Waals surface area (Å²) in [5.41, 5.74) is 3.25. The van der Waals surface area contributed by atoms with Crippen molar-refractivity contribution in [2.24, 2.45) is 7.05 Å². The minimum atomic E-state index is -0.503. The molecule has 1 heterocycles. The van der Waals surface area contributed by atoms with E-state index in [1.165, 1.54) is 12.1 Å². The fourth-order valence-electron chi connectivity index (χ4n) is 2.27. The third-order valence-electron chi connectivity index (χ3n) is 3.51. The smallest absolute Gasteiger partial charge is 0.274 e. The van der Waals surface area contributed by atoms with Crippen molar-refractivity contribution in [1.82, 2.24) is 15.1 Å². The van der Waals surface area contributed by atoms with Gasteiger partial charge in [-0.1, -0.05) is 0 Å². The Morgan fingerprint density at radius 3 is 2.67 bits per heavy atom. The molecular formula is C14H17FN4O2. The average molecular weight is 292 g/mol. The normalized spacial score (nSPS) is 10.9. The predicted octanol–water partition coefficient (Wildman–Crippen LogP) is 2.37. The number of rotatable bonds is 5. The van der Waals surface area contributed by atoms with Gasteiger partial charge in [0.25, 0.3) is 5.69 Å². The number of benzene rings is 1. The number of aryl methyl sites for hydroxylation is 2. The topological polar surface area (TPSA) is 73.0 Å². The highest BCUT2D eigenvalue weighted by atomic mass is 19.1. The van der Waals surface area contributed by atoms with Gasteiger partial charge in [0.2, 0.25) is 0 Å². The summed E-state index contributed by atoms with van der Waals surface area (Å²) < 4.78 is 15.0. The fourth-order valence-corrected chi connectivity index (χ4v) is 2.27. The van der Waals surface area contributed by atoms with E-state index >= 15 is 0 Å². The zero-order chi connectivity index (χ0) is 15.6. The maximum atomic E-state index is 13.2. The highest BCUT2D eigenvalue weighted by Gasteiger charge is 2.15. The number of nitro groups is 1. The summed E-state index contributed by atoms with van der Waals surface area (Å²) in [6.45, 7) is 4.62. The second kappa shape index (κ2) is 6.01. The molecule has 0 aliphatic heterocycles. The lowest BCUT2D eigenvalue weighted by molar-refractivity contribution is -0.385. The molecule has 0 aliphatic rings. The average Bonchev–Trinajstić information content (AvgIpc) is 2.65. The van der Waals surface area contributed by atoms with Crippen LogP contribution in [-0.4, -0.2) is 14.7 Å². The number of hydrogen-bond acceptors (Lipinski definition) is 4. The summed E-state index contributed by atoms with van der Waals surface area (Å²) in [5.74, 6) is -0.480. The highest BCUT2D eigenvalue weighted by Crippen LogP contribution is 2.19. The largest absolute Gasteiger partial charge is 0.308 e. The molecule has 2 aromatic rings. The SMILES string of the molecule is Cc1nn(C)c(C)c1CNCc1cc(F)ccc1[N+](=O)[O-]. The molecule has 1 aromatic heterocycles. The van der Waals surface area contributed by atoms with E-state index in [1.807, 2.05) is 20.9 Å². The third-order valence-corrected chi connectivity index (χ3v) is 3.51. The first-order valence-electron chi connectivity index (χ1n) is 6.52. The Hall–Kier alpha value is -2.28. The van der Waals surface area contributed by atoms with Crippen LogP contribution in [0.5, 0.6) is 0 Å². The van der Waals surface area contributed by atoms with Crippen molar-refractivity contribution in [3.63, 3.8) is 0 Å². The van der Waals surface area contributed by atoms with Crippen molar-refractivity contribution in [2.45, 2.75) is 26.9 Å². The fraction of sp³-hybridized carbons (Fsp3) is 0.357. The molecule has 2 rings (SSSR count). The molecule has 0 amide bonds. The second-order valence-corrected chi connectivity index (χ2v) is 4.91. The lowest BCUT2D eigenvalue weighted by Gasteiger charge is -2.06. The molecule has 1 N–H and O–H groups in total. The standard InChI is InChI=1S/C14H17FN4O2/c1-9-13(10(2)18(3)17-9)8-16-7-11-6-12(15)4-5-14(11)19(20)21/h4-6,16H,7-8H2,1-3H3. The van der Waals surface area contributed by atoms with Gasteiger partial charge in [0, 0.05) is 43.0 Å². The van der Waals surface area contributed by atoms with Crippen LogP contribution in [0.3, 0.4) is 0 Å². The van der Waals surface area contributed by atoms with Gasteiger partial charge in [0.1, 0.15) is 5.82 Å². The van der Waals surface area contributed by atoms with Crippen molar-refractivity contribution >= 4 is 5.69 Å². The molecule has 0 fully saturated rings. The van der Waals surface area contributed by atoms with Crippen LogP contribution >= 0.6 is 0 Å². The summed E-state index contributed by atoms with van der Waals surface area (Å²) in [5, 5.41) is 18.3. The van der Waals surface area contributed by atoms with E-state index in [4.69, 9.17) is 0 Å². The Balaban J connectivity index is 2.10. The van der Waals surface area contributed by atoms with E-state index < -0.39 is 10.7 Å². The van der Waals surface area contributed by atoms with Crippen molar-refractivity contribution < 1.29 is 9.31 Å². The van der Waals surface area contributed by atoms with Crippen molar-refractivity contribution in [3.05, 3.63) is 56.6 Å². The van der Waals surface area contributed by atoms with Gasteiger partial charge in [-0.2, -0.15) is 5.10 Å². The van der Waals surface area contributed by atoms with Crippen LogP contribution in [-0.2, 0) is 20.1 Å². The predicted molar refractivity (Wildman–Crippen MR) is 76.3 cm³/mol. The zero-order valence-electron chi connectivity index (χ0n) is 12.2. The van der Waals surface area contributed by atoms with Crippen LogP contribution in [0.15, 0.2) is 18.2 Å². The van der Waals surface area contributed by atoms with Crippen molar-refractivity contribution in [3.8, 4) is 0 Å².